The largest absolute Gasteiger partial charge is 0.494 e. The molecule has 0 aliphatic heterocycles. The molecule has 0 heterocycles. The molecule has 148 valence electrons. The van der Waals surface area contributed by atoms with E-state index in [1.807, 2.05) is 6.92 Å². The zero-order valence-corrected chi connectivity index (χ0v) is 16.1. The highest BCUT2D eigenvalue weighted by atomic mass is 19.1. The van der Waals surface area contributed by atoms with Crippen LogP contribution >= 0.6 is 0 Å². The third kappa shape index (κ3) is 5.90. The summed E-state index contributed by atoms with van der Waals surface area (Å²) in [6.07, 6.45) is 1.49. The Bertz CT molecular complexity index is 835. The lowest BCUT2D eigenvalue weighted by Crippen LogP contribution is -2.48. The molecule has 2 rings (SSSR count). The van der Waals surface area contributed by atoms with Gasteiger partial charge in [0, 0.05) is 0 Å². The molecule has 2 aromatic carbocycles. The predicted molar refractivity (Wildman–Crippen MR) is 106 cm³/mol. The standard InChI is InChI=1S/C21H24FN3O3/c1-4-28-16-11-9-15(10-12-16)13-23-25-21(27)19(14(2)3)24-20(26)17-7-5-6-8-18(17)22/h5-14,19H,4H2,1-3H3,(H,24,26)(H,25,27). The summed E-state index contributed by atoms with van der Waals surface area (Å²) < 4.78 is 19.1. The summed E-state index contributed by atoms with van der Waals surface area (Å²) in [5, 5.41) is 6.49. The SMILES string of the molecule is CCOc1ccc(C=NNC(=O)C(NC(=O)c2ccccc2F)C(C)C)cc1. The van der Waals surface area contributed by atoms with Gasteiger partial charge in [-0.2, -0.15) is 5.10 Å². The number of hydrogen-bond donors (Lipinski definition) is 2. The maximum absolute atomic E-state index is 13.8. The van der Waals surface area contributed by atoms with Gasteiger partial charge in [0.25, 0.3) is 11.8 Å². The molecule has 0 aliphatic rings. The molecule has 0 fully saturated rings. The number of benzene rings is 2. The van der Waals surface area contributed by atoms with E-state index in [0.717, 1.165) is 11.3 Å². The van der Waals surface area contributed by atoms with Gasteiger partial charge in [-0.1, -0.05) is 26.0 Å². The van der Waals surface area contributed by atoms with E-state index in [9.17, 15) is 14.0 Å². The van der Waals surface area contributed by atoms with Gasteiger partial charge >= 0.3 is 0 Å². The fraction of sp³-hybridized carbons (Fsp3) is 0.286. The van der Waals surface area contributed by atoms with Crippen LogP contribution in [0.5, 0.6) is 5.75 Å². The summed E-state index contributed by atoms with van der Waals surface area (Å²) in [5.74, 6) is -1.24. The van der Waals surface area contributed by atoms with Crippen molar-refractivity contribution in [3.8, 4) is 5.75 Å². The molecule has 28 heavy (non-hydrogen) atoms. The first kappa shape index (κ1) is 21.1. The molecule has 7 heteroatoms. The highest BCUT2D eigenvalue weighted by molar-refractivity contribution is 5.98. The lowest BCUT2D eigenvalue weighted by atomic mass is 10.0. The number of halogens is 1. The minimum absolute atomic E-state index is 0.112. The number of amides is 2. The molecule has 2 N–H and O–H groups in total. The monoisotopic (exact) mass is 385 g/mol. The topological polar surface area (TPSA) is 79.8 Å². The van der Waals surface area contributed by atoms with Gasteiger partial charge in [-0.15, -0.1) is 0 Å². The van der Waals surface area contributed by atoms with Gasteiger partial charge in [0.05, 0.1) is 18.4 Å². The fourth-order valence-electron chi connectivity index (χ4n) is 2.46. The summed E-state index contributed by atoms with van der Waals surface area (Å²) in [6.45, 7) is 6.05. The Hall–Kier alpha value is -3.22. The van der Waals surface area contributed by atoms with Crippen molar-refractivity contribution in [2.45, 2.75) is 26.8 Å². The third-order valence-corrected chi connectivity index (χ3v) is 3.93. The predicted octanol–water partition coefficient (Wildman–Crippen LogP) is 3.13. The average molecular weight is 385 g/mol. The van der Waals surface area contributed by atoms with E-state index in [0.29, 0.717) is 6.61 Å². The van der Waals surface area contributed by atoms with Crippen molar-refractivity contribution in [3.63, 3.8) is 0 Å². The fourth-order valence-corrected chi connectivity index (χ4v) is 2.46. The first-order chi connectivity index (χ1) is 13.4. The zero-order valence-electron chi connectivity index (χ0n) is 16.1. The van der Waals surface area contributed by atoms with Crippen molar-refractivity contribution in [2.75, 3.05) is 6.61 Å². The molecular formula is C21H24FN3O3. The molecule has 0 bridgehead atoms. The molecule has 6 nitrogen and oxygen atoms in total. The quantitative estimate of drug-likeness (QED) is 0.541. The molecule has 2 aromatic rings. The van der Waals surface area contributed by atoms with Crippen molar-refractivity contribution >= 4 is 18.0 Å². The van der Waals surface area contributed by atoms with E-state index < -0.39 is 23.7 Å². The Balaban J connectivity index is 1.98. The summed E-state index contributed by atoms with van der Waals surface area (Å²) in [4.78, 5) is 24.7. The molecule has 0 radical (unpaired) electrons. The second-order valence-corrected chi connectivity index (χ2v) is 6.41. The van der Waals surface area contributed by atoms with E-state index in [1.165, 1.54) is 24.4 Å². The number of hydrazone groups is 1. The van der Waals surface area contributed by atoms with Crippen LogP contribution in [0, 0.1) is 11.7 Å². The number of rotatable bonds is 8. The van der Waals surface area contributed by atoms with Crippen molar-refractivity contribution in [3.05, 3.63) is 65.5 Å². The first-order valence-corrected chi connectivity index (χ1v) is 9.03. The Morgan fingerprint density at radius 3 is 2.43 bits per heavy atom. The highest BCUT2D eigenvalue weighted by Gasteiger charge is 2.25. The van der Waals surface area contributed by atoms with Crippen LogP contribution in [0.3, 0.4) is 0 Å². The number of hydrogen-bond acceptors (Lipinski definition) is 4. The Morgan fingerprint density at radius 1 is 1.14 bits per heavy atom. The van der Waals surface area contributed by atoms with E-state index in [2.05, 4.69) is 15.8 Å². The molecule has 0 spiro atoms. The van der Waals surface area contributed by atoms with Crippen LogP contribution in [0.2, 0.25) is 0 Å². The summed E-state index contributed by atoms with van der Waals surface area (Å²) in [5.41, 5.74) is 3.08. The minimum Gasteiger partial charge on any atom is -0.494 e. The molecule has 0 saturated heterocycles. The smallest absolute Gasteiger partial charge is 0.262 e. The van der Waals surface area contributed by atoms with Crippen molar-refractivity contribution < 1.29 is 18.7 Å². The van der Waals surface area contributed by atoms with Gasteiger partial charge in [0.15, 0.2) is 0 Å². The number of nitrogens with zero attached hydrogens (tertiary/aromatic N) is 1. The molecule has 1 unspecified atom stereocenters. The summed E-state index contributed by atoms with van der Waals surface area (Å²) in [6, 6.07) is 12.0. The molecule has 1 atom stereocenters. The lowest BCUT2D eigenvalue weighted by Gasteiger charge is -2.20. The zero-order chi connectivity index (χ0) is 20.5. The van der Waals surface area contributed by atoms with E-state index in [4.69, 9.17) is 4.74 Å². The van der Waals surface area contributed by atoms with Gasteiger partial charge in [0.2, 0.25) is 0 Å². The first-order valence-electron chi connectivity index (χ1n) is 9.03. The second-order valence-electron chi connectivity index (χ2n) is 6.41. The number of carbonyl (C=O) groups excluding carboxylic acids is 2. The third-order valence-electron chi connectivity index (χ3n) is 3.93. The minimum atomic E-state index is -0.857. The van der Waals surface area contributed by atoms with Crippen molar-refractivity contribution in [1.29, 1.82) is 0 Å². The lowest BCUT2D eigenvalue weighted by molar-refractivity contribution is -0.123. The van der Waals surface area contributed by atoms with E-state index in [1.54, 1.807) is 44.2 Å². The van der Waals surface area contributed by atoms with Gasteiger partial charge < -0.3 is 10.1 Å². The van der Waals surface area contributed by atoms with E-state index in [-0.39, 0.29) is 11.5 Å². The second kappa shape index (κ2) is 10.2. The Kier molecular flexibility index (Phi) is 7.68. The number of ether oxygens (including phenoxy) is 1. The average Bonchev–Trinajstić information content (AvgIpc) is 2.67. The van der Waals surface area contributed by atoms with Crippen LogP contribution in [-0.4, -0.2) is 30.7 Å². The van der Waals surface area contributed by atoms with Crippen LogP contribution in [-0.2, 0) is 4.79 Å². The van der Waals surface area contributed by atoms with Crippen LogP contribution in [0.4, 0.5) is 4.39 Å². The summed E-state index contributed by atoms with van der Waals surface area (Å²) in [7, 11) is 0. The van der Waals surface area contributed by atoms with Gasteiger partial charge in [-0.05, 0) is 54.8 Å². The highest BCUT2D eigenvalue weighted by Crippen LogP contribution is 2.11. The Labute approximate surface area is 163 Å². The maximum atomic E-state index is 13.8. The molecule has 2 amide bonds. The van der Waals surface area contributed by atoms with Crippen LogP contribution in [0.15, 0.2) is 53.6 Å². The molecule has 0 aliphatic carbocycles. The van der Waals surface area contributed by atoms with Gasteiger partial charge in [-0.25, -0.2) is 9.82 Å². The number of nitrogens with one attached hydrogen (secondary N) is 2. The Morgan fingerprint density at radius 2 is 1.82 bits per heavy atom. The van der Waals surface area contributed by atoms with Crippen LogP contribution in [0.25, 0.3) is 0 Å². The number of carbonyl (C=O) groups is 2. The normalized spacial score (nSPS) is 12.0. The van der Waals surface area contributed by atoms with Crippen molar-refractivity contribution in [1.82, 2.24) is 10.7 Å². The van der Waals surface area contributed by atoms with E-state index >= 15 is 0 Å². The van der Waals surface area contributed by atoms with Gasteiger partial charge in [0.1, 0.15) is 17.6 Å². The maximum Gasteiger partial charge on any atom is 0.262 e. The van der Waals surface area contributed by atoms with Crippen molar-refractivity contribution in [2.24, 2.45) is 11.0 Å². The van der Waals surface area contributed by atoms with Crippen LogP contribution in [0.1, 0.15) is 36.7 Å². The van der Waals surface area contributed by atoms with Gasteiger partial charge in [-0.3, -0.25) is 9.59 Å². The summed E-state index contributed by atoms with van der Waals surface area (Å²) >= 11 is 0. The van der Waals surface area contributed by atoms with Crippen LogP contribution < -0.4 is 15.5 Å². The molecule has 0 saturated carbocycles. The molecular weight excluding hydrogens is 361 g/mol. The molecule has 0 aromatic heterocycles.